The van der Waals surface area contributed by atoms with Crippen LogP contribution in [0.15, 0.2) is 42.6 Å². The Balaban J connectivity index is 0.00000100. The van der Waals surface area contributed by atoms with E-state index in [1.165, 1.54) is 0 Å². The average molecular weight is 367 g/mol. The Morgan fingerprint density at radius 1 is 1.12 bits per heavy atom. The third-order valence-electron chi connectivity index (χ3n) is 3.70. The lowest BCUT2D eigenvalue weighted by Gasteiger charge is -2.36. The van der Waals surface area contributed by atoms with E-state index in [4.69, 9.17) is 21.6 Å². The number of hydrogen-bond donors (Lipinski definition) is 1. The number of methoxy groups -OCH3 is 1. The molecule has 1 aromatic carbocycles. The molecule has 2 aromatic rings. The summed E-state index contributed by atoms with van der Waals surface area (Å²) in [6.45, 7) is 3.43. The number of aromatic nitrogens is 2. The zero-order valence-electron chi connectivity index (χ0n) is 13.3. The Kier molecular flexibility index (Phi) is 7.17. The first-order chi connectivity index (χ1) is 11.8. The molecule has 1 N–H and O–H groups in total. The molecule has 3 rings (SSSR count). The SMILES string of the molecule is COc1ccnc(N2CCN(C(=S)c3ccccc3)CC2)n1.OCl. The molecule has 0 unspecified atom stereocenters. The minimum absolute atomic E-state index is 0.590. The molecule has 1 fully saturated rings. The number of anilines is 1. The molecule has 0 aliphatic carbocycles. The van der Waals surface area contributed by atoms with Crippen molar-refractivity contribution in [1.82, 2.24) is 14.9 Å². The predicted octanol–water partition coefficient (Wildman–Crippen LogP) is 2.12. The second kappa shape index (κ2) is 9.36. The molecule has 24 heavy (non-hydrogen) atoms. The summed E-state index contributed by atoms with van der Waals surface area (Å²) in [6, 6.07) is 11.9. The van der Waals surface area contributed by atoms with E-state index in [0.717, 1.165) is 36.7 Å². The fraction of sp³-hybridized carbons (Fsp3) is 0.312. The van der Waals surface area contributed by atoms with Gasteiger partial charge in [-0.3, -0.25) is 4.66 Å². The number of ether oxygens (including phenoxy) is 1. The summed E-state index contributed by atoms with van der Waals surface area (Å²) in [5.74, 6) is 1.30. The predicted molar refractivity (Wildman–Crippen MR) is 98.6 cm³/mol. The molecule has 1 aromatic heterocycles. The van der Waals surface area contributed by atoms with Crippen LogP contribution in [0.1, 0.15) is 5.56 Å². The fourth-order valence-electron chi connectivity index (χ4n) is 2.47. The molecule has 8 heteroatoms. The first kappa shape index (κ1) is 18.4. The summed E-state index contributed by atoms with van der Waals surface area (Å²) in [7, 11) is 1.61. The van der Waals surface area contributed by atoms with Crippen molar-refractivity contribution in [3.63, 3.8) is 0 Å². The van der Waals surface area contributed by atoms with Gasteiger partial charge in [0.05, 0.1) is 19.0 Å². The van der Waals surface area contributed by atoms with Gasteiger partial charge in [0.15, 0.2) is 0 Å². The smallest absolute Gasteiger partial charge is 0.228 e. The van der Waals surface area contributed by atoms with Gasteiger partial charge in [0, 0.05) is 44.0 Å². The van der Waals surface area contributed by atoms with Crippen LogP contribution in [0, 0.1) is 0 Å². The van der Waals surface area contributed by atoms with Crippen molar-refractivity contribution in [3.05, 3.63) is 48.2 Å². The van der Waals surface area contributed by atoms with E-state index < -0.39 is 0 Å². The number of benzene rings is 1. The number of rotatable bonds is 3. The van der Waals surface area contributed by atoms with E-state index in [0.29, 0.717) is 11.8 Å². The normalized spacial score (nSPS) is 13.8. The van der Waals surface area contributed by atoms with Crippen LogP contribution in [-0.2, 0) is 0 Å². The minimum Gasteiger partial charge on any atom is -0.481 e. The van der Waals surface area contributed by atoms with Crippen LogP contribution < -0.4 is 9.64 Å². The fourth-order valence-corrected chi connectivity index (χ4v) is 2.79. The lowest BCUT2D eigenvalue weighted by Crippen LogP contribution is -2.49. The molecule has 0 bridgehead atoms. The monoisotopic (exact) mass is 366 g/mol. The average Bonchev–Trinajstić information content (AvgIpc) is 2.70. The maximum absolute atomic E-state index is 6.47. The molecule has 1 saturated heterocycles. The first-order valence-electron chi connectivity index (χ1n) is 7.41. The zero-order chi connectivity index (χ0) is 17.4. The second-order valence-corrected chi connectivity index (χ2v) is 5.43. The highest BCUT2D eigenvalue weighted by atomic mass is 35.5. The second-order valence-electron chi connectivity index (χ2n) is 5.04. The van der Waals surface area contributed by atoms with Gasteiger partial charge < -0.3 is 14.5 Å². The highest BCUT2D eigenvalue weighted by molar-refractivity contribution is 7.80. The Hall–Kier alpha value is -1.96. The number of halogens is 1. The van der Waals surface area contributed by atoms with Crippen molar-refractivity contribution in [2.24, 2.45) is 0 Å². The van der Waals surface area contributed by atoms with Crippen LogP contribution in [0.2, 0.25) is 0 Å². The molecule has 6 nitrogen and oxygen atoms in total. The topological polar surface area (TPSA) is 61.7 Å². The van der Waals surface area contributed by atoms with Gasteiger partial charge in [-0.15, -0.1) is 0 Å². The van der Waals surface area contributed by atoms with Crippen molar-refractivity contribution in [2.45, 2.75) is 0 Å². The molecule has 0 radical (unpaired) electrons. The van der Waals surface area contributed by atoms with Crippen molar-refractivity contribution in [2.75, 3.05) is 38.2 Å². The van der Waals surface area contributed by atoms with Gasteiger partial charge in [-0.2, -0.15) is 4.98 Å². The minimum atomic E-state index is 0.590. The maximum atomic E-state index is 6.47. The molecule has 1 aliphatic rings. The standard InChI is InChI=1S/C16H18N4OS.ClHO/c1-21-14-7-8-17-16(18-14)20-11-9-19(10-12-20)15(22)13-5-3-2-4-6-13;1-2/h2-8H,9-12H2,1H3;2H. The molecule has 0 saturated carbocycles. The van der Waals surface area contributed by atoms with Crippen LogP contribution in [0.3, 0.4) is 0 Å². The van der Waals surface area contributed by atoms with Gasteiger partial charge in [-0.25, -0.2) is 4.98 Å². The summed E-state index contributed by atoms with van der Waals surface area (Å²) in [4.78, 5) is 14.0. The summed E-state index contributed by atoms with van der Waals surface area (Å²) in [5.41, 5.74) is 1.10. The van der Waals surface area contributed by atoms with E-state index in [1.54, 1.807) is 19.4 Å². The molecule has 2 heterocycles. The quantitative estimate of drug-likeness (QED) is 0.835. The van der Waals surface area contributed by atoms with Crippen LogP contribution in [0.25, 0.3) is 0 Å². The lowest BCUT2D eigenvalue weighted by molar-refractivity contribution is 0.381. The summed E-state index contributed by atoms with van der Waals surface area (Å²) >= 11 is 9.23. The highest BCUT2D eigenvalue weighted by Gasteiger charge is 2.21. The summed E-state index contributed by atoms with van der Waals surface area (Å²) in [5, 5.41) is 0. The van der Waals surface area contributed by atoms with Gasteiger partial charge >= 0.3 is 0 Å². The number of nitrogens with zero attached hydrogens (tertiary/aromatic N) is 4. The Morgan fingerprint density at radius 2 is 1.79 bits per heavy atom. The summed E-state index contributed by atoms with van der Waals surface area (Å²) in [6.07, 6.45) is 1.72. The third kappa shape index (κ3) is 4.53. The van der Waals surface area contributed by atoms with E-state index >= 15 is 0 Å². The first-order valence-corrected chi connectivity index (χ1v) is 8.16. The molecule has 0 atom stereocenters. The van der Waals surface area contributed by atoms with Gasteiger partial charge in [0.2, 0.25) is 11.8 Å². The van der Waals surface area contributed by atoms with Crippen molar-refractivity contribution in [3.8, 4) is 5.88 Å². The molecule has 0 spiro atoms. The Morgan fingerprint density at radius 3 is 2.42 bits per heavy atom. The largest absolute Gasteiger partial charge is 0.481 e. The van der Waals surface area contributed by atoms with E-state index in [2.05, 4.69) is 43.8 Å². The van der Waals surface area contributed by atoms with E-state index in [1.807, 2.05) is 18.2 Å². The van der Waals surface area contributed by atoms with Crippen LogP contribution in [-0.4, -0.2) is 57.8 Å². The van der Waals surface area contributed by atoms with Crippen LogP contribution in [0.5, 0.6) is 5.88 Å². The molecule has 0 amide bonds. The highest BCUT2D eigenvalue weighted by Crippen LogP contribution is 2.16. The van der Waals surface area contributed by atoms with Gasteiger partial charge in [-0.1, -0.05) is 42.5 Å². The van der Waals surface area contributed by atoms with Crippen molar-refractivity contribution in [1.29, 1.82) is 0 Å². The van der Waals surface area contributed by atoms with Gasteiger partial charge in [0.25, 0.3) is 0 Å². The Bertz CT molecular complexity index is 652. The number of hydrogen-bond acceptors (Lipinski definition) is 6. The molecule has 1 aliphatic heterocycles. The van der Waals surface area contributed by atoms with Gasteiger partial charge in [0.1, 0.15) is 4.99 Å². The zero-order valence-corrected chi connectivity index (χ0v) is 14.9. The number of piperazine rings is 1. The van der Waals surface area contributed by atoms with E-state index in [9.17, 15) is 0 Å². The molecular weight excluding hydrogens is 348 g/mol. The summed E-state index contributed by atoms with van der Waals surface area (Å²) < 4.78 is 11.6. The van der Waals surface area contributed by atoms with Crippen LogP contribution >= 0.6 is 24.1 Å². The van der Waals surface area contributed by atoms with Crippen molar-refractivity contribution >= 4 is 35.0 Å². The van der Waals surface area contributed by atoms with Crippen molar-refractivity contribution < 1.29 is 9.40 Å². The number of thiocarbonyl (C=S) groups is 1. The van der Waals surface area contributed by atoms with E-state index in [-0.39, 0.29) is 0 Å². The molecule has 128 valence electrons. The maximum Gasteiger partial charge on any atom is 0.228 e. The Labute approximate surface area is 151 Å². The molecular formula is C16H19ClN4O2S. The van der Waals surface area contributed by atoms with Crippen LogP contribution in [0.4, 0.5) is 5.95 Å². The lowest BCUT2D eigenvalue weighted by atomic mass is 10.2. The van der Waals surface area contributed by atoms with Gasteiger partial charge in [-0.05, 0) is 0 Å². The third-order valence-corrected chi connectivity index (χ3v) is 4.19.